The Kier molecular flexibility index (Phi) is 3.97. The van der Waals surface area contributed by atoms with Crippen LogP contribution in [0.1, 0.15) is 13.3 Å². The normalized spacial score (nSPS) is 23.1. The van der Waals surface area contributed by atoms with Gasteiger partial charge in [0.15, 0.2) is 0 Å². The lowest BCUT2D eigenvalue weighted by atomic mass is 10.1. The van der Waals surface area contributed by atoms with Crippen LogP contribution in [0.2, 0.25) is 0 Å². The fourth-order valence-electron chi connectivity index (χ4n) is 1.85. The van der Waals surface area contributed by atoms with E-state index in [2.05, 4.69) is 21.2 Å². The maximum atomic E-state index is 13.5. The quantitative estimate of drug-likeness (QED) is 0.851. The molecule has 0 radical (unpaired) electrons. The topological polar surface area (TPSA) is 38.3 Å². The van der Waals surface area contributed by atoms with Crippen molar-refractivity contribution in [1.29, 1.82) is 0 Å². The summed E-state index contributed by atoms with van der Waals surface area (Å²) in [4.78, 5) is 11.8. The van der Waals surface area contributed by atoms with Crippen LogP contribution in [0.4, 0.5) is 14.5 Å². The Morgan fingerprint density at radius 3 is 2.78 bits per heavy atom. The van der Waals surface area contributed by atoms with Crippen LogP contribution in [0, 0.1) is 17.6 Å². The fraction of sp³-hybridized carbons (Fsp3) is 0.417. The maximum Gasteiger partial charge on any atom is 0.229 e. The lowest BCUT2D eigenvalue weighted by molar-refractivity contribution is -0.119. The number of hydrogen-bond acceptors (Lipinski definition) is 2. The number of benzene rings is 1. The number of amides is 1. The van der Waals surface area contributed by atoms with Gasteiger partial charge in [-0.05, 0) is 35.3 Å². The molecule has 1 amide bonds. The molecule has 2 atom stereocenters. The van der Waals surface area contributed by atoms with E-state index in [1.807, 2.05) is 6.92 Å². The van der Waals surface area contributed by atoms with Crippen LogP contribution in [-0.4, -0.2) is 18.6 Å². The van der Waals surface area contributed by atoms with E-state index in [-0.39, 0.29) is 28.1 Å². The van der Waals surface area contributed by atoms with Crippen molar-refractivity contribution in [2.75, 3.05) is 11.9 Å². The van der Waals surface area contributed by atoms with Gasteiger partial charge in [0.05, 0.1) is 28.8 Å². The Morgan fingerprint density at radius 1 is 1.44 bits per heavy atom. The summed E-state index contributed by atoms with van der Waals surface area (Å²) in [5, 5.41) is 2.39. The Bertz CT molecular complexity index is 481. The van der Waals surface area contributed by atoms with E-state index >= 15 is 0 Å². The number of nitrogens with one attached hydrogen (secondary N) is 1. The average molecular weight is 320 g/mol. The molecule has 0 saturated carbocycles. The molecule has 0 spiro atoms. The minimum absolute atomic E-state index is 0.0206. The summed E-state index contributed by atoms with van der Waals surface area (Å²) in [5.74, 6) is -1.96. The minimum Gasteiger partial charge on any atom is -0.378 e. The molecule has 1 aromatic carbocycles. The summed E-state index contributed by atoms with van der Waals surface area (Å²) in [7, 11) is 0. The number of anilines is 1. The molecule has 2 unspecified atom stereocenters. The van der Waals surface area contributed by atoms with Crippen molar-refractivity contribution in [2.45, 2.75) is 19.4 Å². The van der Waals surface area contributed by atoms with E-state index in [1.165, 1.54) is 0 Å². The van der Waals surface area contributed by atoms with Crippen molar-refractivity contribution < 1.29 is 18.3 Å². The molecular weight excluding hydrogens is 308 g/mol. The van der Waals surface area contributed by atoms with Crippen LogP contribution >= 0.6 is 15.9 Å². The van der Waals surface area contributed by atoms with Gasteiger partial charge < -0.3 is 10.1 Å². The van der Waals surface area contributed by atoms with Crippen LogP contribution in [0.3, 0.4) is 0 Å². The van der Waals surface area contributed by atoms with E-state index < -0.39 is 11.6 Å². The van der Waals surface area contributed by atoms with E-state index in [0.717, 1.165) is 12.1 Å². The van der Waals surface area contributed by atoms with Gasteiger partial charge >= 0.3 is 0 Å². The summed E-state index contributed by atoms with van der Waals surface area (Å²) in [5.41, 5.74) is -0.153. The lowest BCUT2D eigenvalue weighted by Gasteiger charge is -2.10. The molecule has 1 heterocycles. The van der Waals surface area contributed by atoms with Crippen molar-refractivity contribution >= 4 is 27.5 Å². The monoisotopic (exact) mass is 319 g/mol. The summed E-state index contributed by atoms with van der Waals surface area (Å²) in [6.07, 6.45) is 0.610. The van der Waals surface area contributed by atoms with Crippen molar-refractivity contribution in [3.63, 3.8) is 0 Å². The second-order valence-corrected chi connectivity index (χ2v) is 5.17. The molecular formula is C12H12BrF2NO2. The van der Waals surface area contributed by atoms with Gasteiger partial charge in [-0.2, -0.15) is 0 Å². The van der Waals surface area contributed by atoms with Crippen LogP contribution in [0.25, 0.3) is 0 Å². The molecule has 0 aliphatic carbocycles. The third-order valence-electron chi connectivity index (χ3n) is 2.84. The van der Waals surface area contributed by atoms with Gasteiger partial charge in [-0.25, -0.2) is 8.78 Å². The molecule has 2 rings (SSSR count). The molecule has 0 bridgehead atoms. The molecule has 1 aromatic rings. The standard InChI is InChI=1S/C12H12BrF2NO2/c1-6-2-7(5-18-6)12(17)16-11-4-9(14)8(13)3-10(11)15/h3-4,6-7H,2,5H2,1H3,(H,16,17). The molecule has 1 saturated heterocycles. The molecule has 1 aliphatic heterocycles. The fourth-order valence-corrected chi connectivity index (χ4v) is 2.17. The summed E-state index contributed by atoms with van der Waals surface area (Å²) in [6, 6.07) is 1.94. The van der Waals surface area contributed by atoms with Crippen molar-refractivity contribution in [1.82, 2.24) is 0 Å². The number of ether oxygens (including phenoxy) is 1. The Labute approximate surface area is 112 Å². The van der Waals surface area contributed by atoms with E-state index in [9.17, 15) is 13.6 Å². The summed E-state index contributed by atoms with van der Waals surface area (Å²) >= 11 is 2.87. The van der Waals surface area contributed by atoms with Crippen molar-refractivity contribution in [3.05, 3.63) is 28.2 Å². The van der Waals surface area contributed by atoms with E-state index in [1.54, 1.807) is 0 Å². The molecule has 0 aromatic heterocycles. The second-order valence-electron chi connectivity index (χ2n) is 4.31. The Morgan fingerprint density at radius 2 is 2.17 bits per heavy atom. The molecule has 1 fully saturated rings. The molecule has 98 valence electrons. The van der Waals surface area contributed by atoms with Crippen LogP contribution in [0.5, 0.6) is 0 Å². The molecule has 6 heteroatoms. The second kappa shape index (κ2) is 5.32. The predicted octanol–water partition coefficient (Wildman–Crippen LogP) is 3.09. The van der Waals surface area contributed by atoms with Gasteiger partial charge in [-0.3, -0.25) is 4.79 Å². The molecule has 18 heavy (non-hydrogen) atoms. The summed E-state index contributed by atoms with van der Waals surface area (Å²) < 4.78 is 32.1. The average Bonchev–Trinajstić information content (AvgIpc) is 2.73. The third kappa shape index (κ3) is 2.87. The number of halogens is 3. The van der Waals surface area contributed by atoms with E-state index in [0.29, 0.717) is 13.0 Å². The predicted molar refractivity (Wildman–Crippen MR) is 66.2 cm³/mol. The van der Waals surface area contributed by atoms with Gasteiger partial charge in [0.25, 0.3) is 0 Å². The third-order valence-corrected chi connectivity index (χ3v) is 3.44. The van der Waals surface area contributed by atoms with Crippen LogP contribution in [-0.2, 0) is 9.53 Å². The highest BCUT2D eigenvalue weighted by atomic mass is 79.9. The first-order valence-corrected chi connectivity index (χ1v) is 6.33. The summed E-state index contributed by atoms with van der Waals surface area (Å²) in [6.45, 7) is 2.18. The highest BCUT2D eigenvalue weighted by Gasteiger charge is 2.28. The first-order valence-electron chi connectivity index (χ1n) is 5.54. The Hall–Kier alpha value is -1.01. The van der Waals surface area contributed by atoms with Gasteiger partial charge in [-0.1, -0.05) is 0 Å². The number of rotatable bonds is 2. The van der Waals surface area contributed by atoms with E-state index in [4.69, 9.17) is 4.74 Å². The molecule has 1 aliphatic rings. The first-order chi connectivity index (χ1) is 8.47. The van der Waals surface area contributed by atoms with Gasteiger partial charge in [-0.15, -0.1) is 0 Å². The van der Waals surface area contributed by atoms with Crippen LogP contribution < -0.4 is 5.32 Å². The highest BCUT2D eigenvalue weighted by Crippen LogP contribution is 2.25. The number of carbonyl (C=O) groups excluding carboxylic acids is 1. The smallest absolute Gasteiger partial charge is 0.229 e. The molecule has 3 nitrogen and oxygen atoms in total. The zero-order chi connectivity index (χ0) is 13.3. The number of hydrogen-bond donors (Lipinski definition) is 1. The zero-order valence-electron chi connectivity index (χ0n) is 9.67. The minimum atomic E-state index is -0.677. The Balaban J connectivity index is 2.09. The van der Waals surface area contributed by atoms with Gasteiger partial charge in [0.2, 0.25) is 5.91 Å². The lowest BCUT2D eigenvalue weighted by Crippen LogP contribution is -2.23. The van der Waals surface area contributed by atoms with Crippen molar-refractivity contribution in [2.24, 2.45) is 5.92 Å². The van der Waals surface area contributed by atoms with Gasteiger partial charge in [0.1, 0.15) is 11.6 Å². The maximum absolute atomic E-state index is 13.5. The highest BCUT2D eigenvalue weighted by molar-refractivity contribution is 9.10. The first kappa shape index (κ1) is 13.4. The zero-order valence-corrected chi connectivity index (χ0v) is 11.3. The van der Waals surface area contributed by atoms with Crippen LogP contribution in [0.15, 0.2) is 16.6 Å². The number of carbonyl (C=O) groups is 1. The van der Waals surface area contributed by atoms with Gasteiger partial charge in [0, 0.05) is 6.07 Å². The SMILES string of the molecule is CC1CC(C(=O)Nc2cc(F)c(Br)cc2F)CO1. The molecule has 1 N–H and O–H groups in total. The largest absolute Gasteiger partial charge is 0.378 e. The van der Waals surface area contributed by atoms with Crippen molar-refractivity contribution in [3.8, 4) is 0 Å².